The van der Waals surface area contributed by atoms with Crippen LogP contribution in [0.25, 0.3) is 0 Å². The molecule has 4 nitrogen and oxygen atoms in total. The topological polar surface area (TPSA) is 58.4 Å². The molecule has 1 amide bonds. The average Bonchev–Trinajstić information content (AvgIpc) is 2.27. The zero-order valence-corrected chi connectivity index (χ0v) is 11.4. The molecule has 1 aliphatic carbocycles. The second kappa shape index (κ2) is 7.61. The summed E-state index contributed by atoms with van der Waals surface area (Å²) in [4.78, 5) is 14.2. The van der Waals surface area contributed by atoms with Gasteiger partial charge < -0.3 is 11.1 Å². The summed E-state index contributed by atoms with van der Waals surface area (Å²) in [6.07, 6.45) is 6.71. The van der Waals surface area contributed by atoms with Crippen LogP contribution >= 0.6 is 12.2 Å². The van der Waals surface area contributed by atoms with Gasteiger partial charge in [-0.2, -0.15) is 0 Å². The Bertz CT molecular complexity index is 264. The summed E-state index contributed by atoms with van der Waals surface area (Å²) in [5.74, 6) is 0.113. The number of hydrogen-bond acceptors (Lipinski definition) is 3. The molecule has 0 aromatic heterocycles. The van der Waals surface area contributed by atoms with E-state index in [-0.39, 0.29) is 5.91 Å². The third kappa shape index (κ3) is 6.58. The van der Waals surface area contributed by atoms with Gasteiger partial charge in [-0.1, -0.05) is 31.5 Å². The Morgan fingerprint density at radius 1 is 1.41 bits per heavy atom. The molecule has 1 saturated carbocycles. The van der Waals surface area contributed by atoms with Crippen molar-refractivity contribution in [3.05, 3.63) is 0 Å². The number of rotatable bonds is 6. The maximum Gasteiger partial charge on any atom is 0.234 e. The van der Waals surface area contributed by atoms with Gasteiger partial charge in [-0.05, 0) is 19.9 Å². The lowest BCUT2D eigenvalue weighted by Gasteiger charge is -2.24. The highest BCUT2D eigenvalue weighted by Crippen LogP contribution is 2.17. The van der Waals surface area contributed by atoms with Crippen molar-refractivity contribution in [2.45, 2.75) is 44.6 Å². The molecule has 17 heavy (non-hydrogen) atoms. The fraction of sp³-hybridized carbons (Fsp3) is 0.833. The van der Waals surface area contributed by atoms with Gasteiger partial charge in [0.25, 0.3) is 0 Å². The molecule has 0 heterocycles. The first-order valence-corrected chi connectivity index (χ1v) is 6.75. The summed E-state index contributed by atoms with van der Waals surface area (Å²) in [6.45, 7) is 1.17. The van der Waals surface area contributed by atoms with Gasteiger partial charge in [0.15, 0.2) is 0 Å². The average molecular weight is 257 g/mol. The highest BCUT2D eigenvalue weighted by molar-refractivity contribution is 7.80. The molecule has 0 aromatic carbocycles. The number of nitrogens with two attached hydrogens (primary N) is 1. The van der Waals surface area contributed by atoms with Crippen molar-refractivity contribution in [2.75, 3.05) is 20.1 Å². The van der Waals surface area contributed by atoms with Crippen LogP contribution in [-0.4, -0.2) is 42.0 Å². The molecule has 0 radical (unpaired) electrons. The zero-order valence-electron chi connectivity index (χ0n) is 10.6. The Hall–Kier alpha value is -0.680. The Balaban J connectivity index is 2.16. The van der Waals surface area contributed by atoms with E-state index in [1.165, 1.54) is 19.3 Å². The van der Waals surface area contributed by atoms with Crippen LogP contribution in [0.5, 0.6) is 0 Å². The molecule has 5 heteroatoms. The molecule has 3 N–H and O–H groups in total. The molecule has 0 bridgehead atoms. The normalized spacial score (nSPS) is 17.1. The van der Waals surface area contributed by atoms with Crippen molar-refractivity contribution in [1.82, 2.24) is 10.2 Å². The van der Waals surface area contributed by atoms with E-state index in [9.17, 15) is 4.79 Å². The van der Waals surface area contributed by atoms with E-state index in [0.29, 0.717) is 24.0 Å². The molecular weight excluding hydrogens is 234 g/mol. The van der Waals surface area contributed by atoms with Crippen LogP contribution < -0.4 is 11.1 Å². The number of amides is 1. The number of carbonyl (C=O) groups excluding carboxylic acids is 1. The highest BCUT2D eigenvalue weighted by atomic mass is 32.1. The van der Waals surface area contributed by atoms with Crippen molar-refractivity contribution < 1.29 is 4.79 Å². The first-order valence-electron chi connectivity index (χ1n) is 6.34. The highest BCUT2D eigenvalue weighted by Gasteiger charge is 2.16. The van der Waals surface area contributed by atoms with Crippen LogP contribution in [0.15, 0.2) is 0 Å². The van der Waals surface area contributed by atoms with Crippen molar-refractivity contribution in [3.8, 4) is 0 Å². The van der Waals surface area contributed by atoms with Gasteiger partial charge in [-0.3, -0.25) is 9.69 Å². The number of likely N-dealkylation sites (N-methyl/N-ethyl adjacent to an activating group) is 1. The van der Waals surface area contributed by atoms with Gasteiger partial charge in [0.1, 0.15) is 0 Å². The standard InChI is InChI=1S/C12H23N3OS/c1-15(8-7-11(13)17)9-12(16)14-10-5-3-2-4-6-10/h10H,2-9H2,1H3,(H2,13,17)(H,14,16). The molecule has 0 atom stereocenters. The Labute approximate surface area is 109 Å². The summed E-state index contributed by atoms with van der Waals surface area (Å²) in [5.41, 5.74) is 5.43. The van der Waals surface area contributed by atoms with Crippen LogP contribution in [-0.2, 0) is 4.79 Å². The van der Waals surface area contributed by atoms with Gasteiger partial charge >= 0.3 is 0 Å². The summed E-state index contributed by atoms with van der Waals surface area (Å²) >= 11 is 4.81. The van der Waals surface area contributed by atoms with Gasteiger partial charge in [-0.15, -0.1) is 0 Å². The molecule has 0 aliphatic heterocycles. The first-order chi connectivity index (χ1) is 8.08. The van der Waals surface area contributed by atoms with Crippen molar-refractivity contribution in [2.24, 2.45) is 5.73 Å². The van der Waals surface area contributed by atoms with E-state index in [4.69, 9.17) is 18.0 Å². The van der Waals surface area contributed by atoms with Crippen LogP contribution in [0, 0.1) is 0 Å². The van der Waals surface area contributed by atoms with Gasteiger partial charge in [0.2, 0.25) is 5.91 Å². The van der Waals surface area contributed by atoms with Crippen LogP contribution in [0.4, 0.5) is 0 Å². The molecule has 0 spiro atoms. The SMILES string of the molecule is CN(CCC(N)=S)CC(=O)NC1CCCCC1. The van der Waals surface area contributed by atoms with Gasteiger partial charge in [0.05, 0.1) is 11.5 Å². The van der Waals surface area contributed by atoms with Crippen molar-refractivity contribution in [1.29, 1.82) is 0 Å². The van der Waals surface area contributed by atoms with E-state index in [1.54, 1.807) is 0 Å². The van der Waals surface area contributed by atoms with E-state index < -0.39 is 0 Å². The van der Waals surface area contributed by atoms with E-state index >= 15 is 0 Å². The zero-order chi connectivity index (χ0) is 12.7. The molecule has 0 saturated heterocycles. The molecular formula is C12H23N3OS. The first kappa shape index (κ1) is 14.4. The third-order valence-electron chi connectivity index (χ3n) is 3.12. The van der Waals surface area contributed by atoms with Crippen LogP contribution in [0.2, 0.25) is 0 Å². The molecule has 0 unspecified atom stereocenters. The van der Waals surface area contributed by atoms with Crippen LogP contribution in [0.1, 0.15) is 38.5 Å². The number of hydrogen-bond donors (Lipinski definition) is 2. The van der Waals surface area contributed by atoms with E-state index in [2.05, 4.69) is 5.32 Å². The lowest BCUT2D eigenvalue weighted by atomic mass is 9.95. The second-order valence-corrected chi connectivity index (χ2v) is 5.38. The van der Waals surface area contributed by atoms with Crippen LogP contribution in [0.3, 0.4) is 0 Å². The fourth-order valence-corrected chi connectivity index (χ4v) is 2.24. The van der Waals surface area contributed by atoms with Gasteiger partial charge in [0, 0.05) is 19.0 Å². The third-order valence-corrected chi connectivity index (χ3v) is 3.33. The van der Waals surface area contributed by atoms with Crippen molar-refractivity contribution >= 4 is 23.1 Å². The Morgan fingerprint density at radius 2 is 2.06 bits per heavy atom. The minimum absolute atomic E-state index is 0.113. The monoisotopic (exact) mass is 257 g/mol. The number of thiocarbonyl (C=S) groups is 1. The number of nitrogens with zero attached hydrogens (tertiary/aromatic N) is 1. The quantitative estimate of drug-likeness (QED) is 0.698. The summed E-state index contributed by atoms with van der Waals surface area (Å²) in [7, 11) is 1.92. The lowest BCUT2D eigenvalue weighted by Crippen LogP contribution is -2.42. The van der Waals surface area contributed by atoms with E-state index in [0.717, 1.165) is 19.4 Å². The predicted molar refractivity (Wildman–Crippen MR) is 73.9 cm³/mol. The smallest absolute Gasteiger partial charge is 0.234 e. The number of nitrogens with one attached hydrogen (secondary N) is 1. The van der Waals surface area contributed by atoms with E-state index in [1.807, 2.05) is 11.9 Å². The second-order valence-electron chi connectivity index (χ2n) is 4.86. The molecule has 1 rings (SSSR count). The van der Waals surface area contributed by atoms with Gasteiger partial charge in [-0.25, -0.2) is 0 Å². The molecule has 98 valence electrons. The fourth-order valence-electron chi connectivity index (χ4n) is 2.15. The summed E-state index contributed by atoms with van der Waals surface area (Å²) < 4.78 is 0. The van der Waals surface area contributed by atoms with Crippen molar-refractivity contribution in [3.63, 3.8) is 0 Å². The maximum atomic E-state index is 11.7. The minimum Gasteiger partial charge on any atom is -0.393 e. The lowest BCUT2D eigenvalue weighted by molar-refractivity contribution is -0.122. The summed E-state index contributed by atoms with van der Waals surface area (Å²) in [6, 6.07) is 0.389. The maximum absolute atomic E-state index is 11.7. The predicted octanol–water partition coefficient (Wildman–Crippen LogP) is 1.04. The number of carbonyl (C=O) groups is 1. The Morgan fingerprint density at radius 3 is 2.65 bits per heavy atom. The minimum atomic E-state index is 0.113. The molecule has 1 fully saturated rings. The molecule has 0 aromatic rings. The Kier molecular flexibility index (Phi) is 6.44. The summed E-state index contributed by atoms with van der Waals surface area (Å²) in [5, 5.41) is 3.09. The molecule has 1 aliphatic rings. The largest absolute Gasteiger partial charge is 0.393 e.